The van der Waals surface area contributed by atoms with Gasteiger partial charge in [0.1, 0.15) is 18.4 Å². The van der Waals surface area contributed by atoms with Gasteiger partial charge in [0.15, 0.2) is 0 Å². The summed E-state index contributed by atoms with van der Waals surface area (Å²) in [4.78, 5) is 34.9. The van der Waals surface area contributed by atoms with Crippen LogP contribution < -0.4 is 15.8 Å². The summed E-state index contributed by atoms with van der Waals surface area (Å²) in [7, 11) is 0. The predicted molar refractivity (Wildman–Crippen MR) is 104 cm³/mol. The topological polar surface area (TPSA) is 108 Å². The minimum Gasteiger partial charge on any atom is -0.489 e. The first kappa shape index (κ1) is 23.9. The maximum Gasteiger partial charge on any atom is 0.491 e. The third-order valence-electron chi connectivity index (χ3n) is 4.05. The summed E-state index contributed by atoms with van der Waals surface area (Å²) in [6.45, 7) is 1.66. The molecule has 0 aliphatic carbocycles. The van der Waals surface area contributed by atoms with Gasteiger partial charge in [-0.3, -0.25) is 4.79 Å². The van der Waals surface area contributed by atoms with Crippen molar-refractivity contribution in [2.24, 2.45) is 5.73 Å². The number of ether oxygens (including phenoxy) is 2. The van der Waals surface area contributed by atoms with Gasteiger partial charge in [-0.2, -0.15) is 13.2 Å². The number of alkyl halides is 3. The Kier molecular flexibility index (Phi) is 8.14. The molecule has 2 atom stereocenters. The Morgan fingerprint density at radius 1 is 1.00 bits per heavy atom. The lowest BCUT2D eigenvalue weighted by molar-refractivity contribution is -0.202. The van der Waals surface area contributed by atoms with Crippen molar-refractivity contribution in [3.8, 4) is 5.75 Å². The minimum atomic E-state index is -5.34. The second-order valence-corrected chi connectivity index (χ2v) is 6.68. The lowest BCUT2D eigenvalue weighted by atomic mass is 10.1. The van der Waals surface area contributed by atoms with Gasteiger partial charge in [0.2, 0.25) is 5.91 Å². The largest absolute Gasteiger partial charge is 0.491 e. The average Bonchev–Trinajstić information content (AvgIpc) is 2.72. The molecule has 0 aliphatic rings. The Labute approximate surface area is 176 Å². The number of rotatable bonds is 8. The van der Waals surface area contributed by atoms with Gasteiger partial charge in [0, 0.05) is 6.42 Å². The van der Waals surface area contributed by atoms with E-state index in [1.54, 1.807) is 24.3 Å². The van der Waals surface area contributed by atoms with Gasteiger partial charge < -0.3 is 20.5 Å². The van der Waals surface area contributed by atoms with Crippen molar-refractivity contribution in [2.75, 3.05) is 0 Å². The van der Waals surface area contributed by atoms with Crippen molar-refractivity contribution in [1.82, 2.24) is 5.32 Å². The summed E-state index contributed by atoms with van der Waals surface area (Å²) in [6.07, 6.45) is -5.56. The van der Waals surface area contributed by atoms with Crippen LogP contribution in [-0.4, -0.2) is 36.1 Å². The molecule has 10 heteroatoms. The van der Waals surface area contributed by atoms with Gasteiger partial charge in [-0.15, -0.1) is 0 Å². The molecule has 0 spiro atoms. The minimum absolute atomic E-state index is 0.221. The second kappa shape index (κ2) is 10.6. The maximum atomic E-state index is 12.4. The maximum absolute atomic E-state index is 12.4. The van der Waals surface area contributed by atoms with Crippen LogP contribution in [0.1, 0.15) is 18.1 Å². The zero-order valence-corrected chi connectivity index (χ0v) is 16.5. The van der Waals surface area contributed by atoms with Crippen LogP contribution in [0.3, 0.4) is 0 Å². The zero-order valence-electron chi connectivity index (χ0n) is 16.5. The van der Waals surface area contributed by atoms with Crippen LogP contribution in [0.15, 0.2) is 54.6 Å². The zero-order chi connectivity index (χ0) is 23.0. The lowest BCUT2D eigenvalue weighted by Crippen LogP contribution is -2.49. The quantitative estimate of drug-likeness (QED) is 0.484. The molecule has 166 valence electrons. The summed E-state index contributed by atoms with van der Waals surface area (Å²) in [5.41, 5.74) is 6.87. The van der Waals surface area contributed by atoms with Crippen LogP contribution in [0.25, 0.3) is 0 Å². The lowest BCUT2D eigenvalue weighted by Gasteiger charge is -2.19. The molecule has 0 radical (unpaired) electrons. The number of halogens is 3. The van der Waals surface area contributed by atoms with Crippen molar-refractivity contribution in [3.63, 3.8) is 0 Å². The fourth-order valence-electron chi connectivity index (χ4n) is 2.42. The number of carbonyl (C=O) groups is 3. The highest BCUT2D eigenvalue weighted by atomic mass is 19.4. The summed E-state index contributed by atoms with van der Waals surface area (Å²) >= 11 is 0. The molecule has 0 aromatic heterocycles. The smallest absolute Gasteiger partial charge is 0.489 e. The number of carbonyl (C=O) groups excluding carboxylic acids is 3. The van der Waals surface area contributed by atoms with Gasteiger partial charge in [0.25, 0.3) is 0 Å². The summed E-state index contributed by atoms with van der Waals surface area (Å²) in [5, 5.41) is 2.19. The first-order valence-electron chi connectivity index (χ1n) is 9.20. The summed E-state index contributed by atoms with van der Waals surface area (Å²) in [6, 6.07) is 13.2. The molecular formula is C21H21F3N2O5. The molecule has 0 saturated heterocycles. The highest BCUT2D eigenvalue weighted by Crippen LogP contribution is 2.18. The molecule has 2 aromatic carbocycles. The van der Waals surface area contributed by atoms with Crippen molar-refractivity contribution in [2.45, 2.75) is 38.2 Å². The predicted octanol–water partition coefficient (Wildman–Crippen LogP) is 2.27. The number of amides is 1. The standard InChI is InChI=1S/C21H21F3N2O5/c1-13(25)18(27)26-17(19(28)31-20(29)21(22,23)24)11-14-7-9-16(10-8-14)30-12-15-5-3-2-4-6-15/h2-10,13,17H,11-12,25H2,1H3,(H,26,27)/t13-,17?/m0/s1. The van der Waals surface area contributed by atoms with E-state index in [1.807, 2.05) is 30.3 Å². The van der Waals surface area contributed by atoms with E-state index in [0.29, 0.717) is 17.9 Å². The second-order valence-electron chi connectivity index (χ2n) is 6.68. The van der Waals surface area contributed by atoms with E-state index in [1.165, 1.54) is 6.92 Å². The molecule has 2 rings (SSSR count). The molecular weight excluding hydrogens is 417 g/mol. The van der Waals surface area contributed by atoms with E-state index >= 15 is 0 Å². The number of nitrogens with one attached hydrogen (secondary N) is 1. The van der Waals surface area contributed by atoms with Crippen LogP contribution in [0.5, 0.6) is 5.75 Å². The van der Waals surface area contributed by atoms with Crippen molar-refractivity contribution >= 4 is 17.8 Å². The van der Waals surface area contributed by atoms with Gasteiger partial charge >= 0.3 is 18.1 Å². The van der Waals surface area contributed by atoms with Gasteiger partial charge in [-0.1, -0.05) is 42.5 Å². The van der Waals surface area contributed by atoms with E-state index in [4.69, 9.17) is 10.5 Å². The summed E-state index contributed by atoms with van der Waals surface area (Å²) < 4.78 is 46.6. The molecule has 3 N–H and O–H groups in total. The Hall–Kier alpha value is -3.40. The van der Waals surface area contributed by atoms with Gasteiger partial charge in [0.05, 0.1) is 6.04 Å². The van der Waals surface area contributed by atoms with Crippen molar-refractivity contribution < 1.29 is 37.0 Å². The molecule has 7 nitrogen and oxygen atoms in total. The summed E-state index contributed by atoms with van der Waals surface area (Å²) in [5.74, 6) is -4.47. The highest BCUT2D eigenvalue weighted by molar-refractivity contribution is 5.93. The molecule has 0 saturated carbocycles. The van der Waals surface area contributed by atoms with Gasteiger partial charge in [-0.25, -0.2) is 9.59 Å². The van der Waals surface area contributed by atoms with Crippen LogP contribution >= 0.6 is 0 Å². The molecule has 0 bridgehead atoms. The average molecular weight is 438 g/mol. The molecule has 1 unspecified atom stereocenters. The van der Waals surface area contributed by atoms with Crippen LogP contribution in [0.2, 0.25) is 0 Å². The molecule has 1 amide bonds. The van der Waals surface area contributed by atoms with Crippen molar-refractivity contribution in [3.05, 3.63) is 65.7 Å². The van der Waals surface area contributed by atoms with Crippen molar-refractivity contribution in [1.29, 1.82) is 0 Å². The Balaban J connectivity index is 2.05. The van der Waals surface area contributed by atoms with Crippen LogP contribution in [-0.2, 0) is 32.1 Å². The molecule has 0 heterocycles. The monoisotopic (exact) mass is 438 g/mol. The molecule has 0 fully saturated rings. The number of nitrogens with two attached hydrogens (primary N) is 1. The fraction of sp³-hybridized carbons (Fsp3) is 0.286. The molecule has 31 heavy (non-hydrogen) atoms. The number of benzene rings is 2. The number of hydrogen-bond acceptors (Lipinski definition) is 6. The Bertz CT molecular complexity index is 899. The molecule has 2 aromatic rings. The SMILES string of the molecule is C[C@H](N)C(=O)NC(Cc1ccc(OCc2ccccc2)cc1)C(=O)OC(=O)C(F)(F)F. The van der Waals surface area contributed by atoms with E-state index in [0.717, 1.165) is 5.56 Å². The Morgan fingerprint density at radius 3 is 2.16 bits per heavy atom. The first-order valence-corrected chi connectivity index (χ1v) is 9.20. The van der Waals surface area contributed by atoms with Crippen LogP contribution in [0, 0.1) is 0 Å². The molecule has 0 aliphatic heterocycles. The van der Waals surface area contributed by atoms with E-state index in [9.17, 15) is 27.6 Å². The van der Waals surface area contributed by atoms with E-state index in [-0.39, 0.29) is 6.42 Å². The number of esters is 2. The number of hydrogen-bond donors (Lipinski definition) is 2. The highest BCUT2D eigenvalue weighted by Gasteiger charge is 2.43. The third-order valence-corrected chi connectivity index (χ3v) is 4.05. The third kappa shape index (κ3) is 7.74. The fourth-order valence-corrected chi connectivity index (χ4v) is 2.42. The van der Waals surface area contributed by atoms with E-state index < -0.39 is 36.1 Å². The van der Waals surface area contributed by atoms with Crippen LogP contribution in [0.4, 0.5) is 13.2 Å². The normalized spacial score (nSPS) is 13.1. The van der Waals surface area contributed by atoms with Gasteiger partial charge in [-0.05, 0) is 30.2 Å². The Morgan fingerprint density at radius 2 is 1.61 bits per heavy atom. The van der Waals surface area contributed by atoms with E-state index in [2.05, 4.69) is 10.1 Å². The first-order chi connectivity index (χ1) is 14.6.